The fourth-order valence-corrected chi connectivity index (χ4v) is 1.42. The highest BCUT2D eigenvalue weighted by Gasteiger charge is 2.07. The molecular formula is C11H12N4. The van der Waals surface area contributed by atoms with E-state index in [2.05, 4.69) is 15.3 Å². The normalized spacial score (nSPS) is 9.93. The molecule has 15 heavy (non-hydrogen) atoms. The van der Waals surface area contributed by atoms with Crippen LogP contribution in [0, 0.1) is 0 Å². The van der Waals surface area contributed by atoms with Crippen molar-refractivity contribution >= 4 is 11.4 Å². The van der Waals surface area contributed by atoms with Gasteiger partial charge in [0.2, 0.25) is 0 Å². The molecule has 0 radical (unpaired) electrons. The minimum absolute atomic E-state index is 0.645. The first-order valence-corrected chi connectivity index (χ1v) is 4.66. The fraction of sp³-hybridized carbons (Fsp3) is 0.0909. The Balaban J connectivity index is 2.54. The molecule has 0 atom stereocenters. The molecule has 0 spiro atoms. The van der Waals surface area contributed by atoms with Gasteiger partial charge in [-0.05, 0) is 18.2 Å². The van der Waals surface area contributed by atoms with Gasteiger partial charge in [-0.3, -0.25) is 0 Å². The number of nitrogens with zero attached hydrogens (tertiary/aromatic N) is 2. The Morgan fingerprint density at radius 3 is 2.53 bits per heavy atom. The van der Waals surface area contributed by atoms with Gasteiger partial charge < -0.3 is 11.1 Å². The summed E-state index contributed by atoms with van der Waals surface area (Å²) in [5.41, 5.74) is 8.39. The fourth-order valence-electron chi connectivity index (χ4n) is 1.42. The molecule has 1 aromatic carbocycles. The lowest BCUT2D eigenvalue weighted by Crippen LogP contribution is -1.99. The molecule has 0 aliphatic carbocycles. The standard InChI is InChI=1S/C11H12N4/c1-13-9-5-2-4-8(10(9)12)11-14-6-3-7-15-11/h2-7,13H,12H2,1H3. The lowest BCUT2D eigenvalue weighted by molar-refractivity contribution is 1.18. The smallest absolute Gasteiger partial charge is 0.161 e. The molecule has 0 saturated carbocycles. The molecule has 0 unspecified atom stereocenters. The molecule has 4 heteroatoms. The summed E-state index contributed by atoms with van der Waals surface area (Å²) in [4.78, 5) is 8.33. The van der Waals surface area contributed by atoms with Gasteiger partial charge in [0, 0.05) is 25.0 Å². The molecule has 0 saturated heterocycles. The van der Waals surface area contributed by atoms with E-state index in [-0.39, 0.29) is 0 Å². The summed E-state index contributed by atoms with van der Waals surface area (Å²) >= 11 is 0. The molecule has 0 bridgehead atoms. The number of hydrogen-bond acceptors (Lipinski definition) is 4. The summed E-state index contributed by atoms with van der Waals surface area (Å²) in [5.74, 6) is 0.645. The van der Waals surface area contributed by atoms with Crippen molar-refractivity contribution in [2.45, 2.75) is 0 Å². The van der Waals surface area contributed by atoms with Crippen LogP contribution in [0.25, 0.3) is 11.4 Å². The van der Waals surface area contributed by atoms with Crippen molar-refractivity contribution in [1.82, 2.24) is 9.97 Å². The van der Waals surface area contributed by atoms with Gasteiger partial charge >= 0.3 is 0 Å². The molecule has 1 heterocycles. The van der Waals surface area contributed by atoms with Gasteiger partial charge in [-0.15, -0.1) is 0 Å². The maximum atomic E-state index is 5.98. The Hall–Kier alpha value is -2.10. The number of aromatic nitrogens is 2. The van der Waals surface area contributed by atoms with Crippen molar-refractivity contribution in [1.29, 1.82) is 0 Å². The number of nitrogens with one attached hydrogen (secondary N) is 1. The molecule has 2 aromatic rings. The zero-order valence-electron chi connectivity index (χ0n) is 8.44. The van der Waals surface area contributed by atoms with Crippen molar-refractivity contribution in [3.05, 3.63) is 36.7 Å². The molecule has 3 N–H and O–H groups in total. The van der Waals surface area contributed by atoms with Crippen LogP contribution in [-0.4, -0.2) is 17.0 Å². The number of nitrogens with two attached hydrogens (primary N) is 1. The summed E-state index contributed by atoms with van der Waals surface area (Å²) in [6.45, 7) is 0. The van der Waals surface area contributed by atoms with Crippen LogP contribution in [0.15, 0.2) is 36.7 Å². The van der Waals surface area contributed by atoms with Gasteiger partial charge in [0.25, 0.3) is 0 Å². The first-order chi connectivity index (χ1) is 7.33. The van der Waals surface area contributed by atoms with Crippen LogP contribution in [0.3, 0.4) is 0 Å². The van der Waals surface area contributed by atoms with Crippen LogP contribution in [-0.2, 0) is 0 Å². The molecule has 76 valence electrons. The SMILES string of the molecule is CNc1cccc(-c2ncccn2)c1N. The van der Waals surface area contributed by atoms with Crippen LogP contribution in [0.5, 0.6) is 0 Å². The molecular weight excluding hydrogens is 188 g/mol. The first kappa shape index (κ1) is 9.45. The van der Waals surface area contributed by atoms with Gasteiger partial charge in [0.1, 0.15) is 0 Å². The van der Waals surface area contributed by atoms with E-state index >= 15 is 0 Å². The second kappa shape index (κ2) is 3.96. The Kier molecular flexibility index (Phi) is 2.49. The highest BCUT2D eigenvalue weighted by atomic mass is 14.9. The number of para-hydroxylation sites is 1. The van der Waals surface area contributed by atoms with E-state index in [1.54, 1.807) is 18.5 Å². The largest absolute Gasteiger partial charge is 0.396 e. The van der Waals surface area contributed by atoms with E-state index in [1.807, 2.05) is 25.2 Å². The monoisotopic (exact) mass is 200 g/mol. The Labute approximate surface area is 88.2 Å². The zero-order chi connectivity index (χ0) is 10.7. The molecule has 0 fully saturated rings. The highest BCUT2D eigenvalue weighted by molar-refractivity contribution is 5.82. The molecule has 4 nitrogen and oxygen atoms in total. The third-order valence-electron chi connectivity index (χ3n) is 2.18. The zero-order valence-corrected chi connectivity index (χ0v) is 8.44. The Bertz CT molecular complexity index is 453. The molecule has 1 aromatic heterocycles. The topological polar surface area (TPSA) is 63.8 Å². The molecule has 2 rings (SSSR count). The summed E-state index contributed by atoms with van der Waals surface area (Å²) in [6, 6.07) is 7.53. The third kappa shape index (κ3) is 1.74. The van der Waals surface area contributed by atoms with E-state index in [0.29, 0.717) is 11.5 Å². The van der Waals surface area contributed by atoms with Crippen molar-refractivity contribution in [3.8, 4) is 11.4 Å². The summed E-state index contributed by atoms with van der Waals surface area (Å²) in [6.07, 6.45) is 3.40. The predicted molar refractivity (Wildman–Crippen MR) is 61.4 cm³/mol. The average molecular weight is 200 g/mol. The number of nitrogen functional groups attached to an aromatic ring is 1. The lowest BCUT2D eigenvalue weighted by Gasteiger charge is -2.08. The molecule has 0 aliphatic heterocycles. The highest BCUT2D eigenvalue weighted by Crippen LogP contribution is 2.28. The van der Waals surface area contributed by atoms with E-state index in [0.717, 1.165) is 11.3 Å². The number of hydrogen-bond donors (Lipinski definition) is 2. The lowest BCUT2D eigenvalue weighted by atomic mass is 10.1. The quantitative estimate of drug-likeness (QED) is 0.725. The van der Waals surface area contributed by atoms with Crippen molar-refractivity contribution in [2.24, 2.45) is 0 Å². The number of benzene rings is 1. The van der Waals surface area contributed by atoms with Crippen molar-refractivity contribution < 1.29 is 0 Å². The summed E-state index contributed by atoms with van der Waals surface area (Å²) in [7, 11) is 1.83. The van der Waals surface area contributed by atoms with Gasteiger partial charge in [0.05, 0.1) is 11.4 Å². The van der Waals surface area contributed by atoms with E-state index in [1.165, 1.54) is 0 Å². The van der Waals surface area contributed by atoms with E-state index < -0.39 is 0 Å². The second-order valence-corrected chi connectivity index (χ2v) is 3.09. The van der Waals surface area contributed by atoms with Crippen molar-refractivity contribution in [3.63, 3.8) is 0 Å². The Morgan fingerprint density at radius 1 is 1.13 bits per heavy atom. The molecule has 0 amide bonds. The average Bonchev–Trinajstić information content (AvgIpc) is 2.30. The number of anilines is 2. The first-order valence-electron chi connectivity index (χ1n) is 4.66. The maximum absolute atomic E-state index is 5.98. The van der Waals surface area contributed by atoms with Gasteiger partial charge in [-0.2, -0.15) is 0 Å². The van der Waals surface area contributed by atoms with E-state index in [9.17, 15) is 0 Å². The number of rotatable bonds is 2. The van der Waals surface area contributed by atoms with Crippen LogP contribution >= 0.6 is 0 Å². The third-order valence-corrected chi connectivity index (χ3v) is 2.18. The molecule has 0 aliphatic rings. The maximum Gasteiger partial charge on any atom is 0.161 e. The minimum Gasteiger partial charge on any atom is -0.396 e. The van der Waals surface area contributed by atoms with E-state index in [4.69, 9.17) is 5.73 Å². The van der Waals surface area contributed by atoms with Crippen LogP contribution < -0.4 is 11.1 Å². The minimum atomic E-state index is 0.645. The van der Waals surface area contributed by atoms with Gasteiger partial charge in [-0.1, -0.05) is 6.07 Å². The second-order valence-electron chi connectivity index (χ2n) is 3.09. The van der Waals surface area contributed by atoms with Crippen LogP contribution in [0.2, 0.25) is 0 Å². The van der Waals surface area contributed by atoms with Gasteiger partial charge in [-0.25, -0.2) is 9.97 Å². The summed E-state index contributed by atoms with van der Waals surface area (Å²) < 4.78 is 0. The van der Waals surface area contributed by atoms with Crippen LogP contribution in [0.4, 0.5) is 11.4 Å². The van der Waals surface area contributed by atoms with Crippen LogP contribution in [0.1, 0.15) is 0 Å². The predicted octanol–water partition coefficient (Wildman–Crippen LogP) is 1.77. The summed E-state index contributed by atoms with van der Waals surface area (Å²) in [5, 5.41) is 3.02. The van der Waals surface area contributed by atoms with Gasteiger partial charge in [0.15, 0.2) is 5.82 Å². The van der Waals surface area contributed by atoms with Crippen molar-refractivity contribution in [2.75, 3.05) is 18.1 Å². The Morgan fingerprint density at radius 2 is 1.87 bits per heavy atom.